The number of benzene rings is 1. The summed E-state index contributed by atoms with van der Waals surface area (Å²) in [4.78, 5) is 7.28. The lowest BCUT2D eigenvalue weighted by atomic mass is 9.91. The maximum Gasteiger partial charge on any atom is 0.108 e. The second-order valence-electron chi connectivity index (χ2n) is 6.04. The maximum atomic E-state index is 4.71. The first-order valence-corrected chi connectivity index (χ1v) is 8.88. The van der Waals surface area contributed by atoms with Crippen LogP contribution in [0, 0.1) is 5.92 Å². The molecule has 2 heterocycles. The van der Waals surface area contributed by atoms with E-state index in [9.17, 15) is 0 Å². The molecule has 1 aromatic carbocycles. The lowest BCUT2D eigenvalue weighted by Gasteiger charge is -2.35. The van der Waals surface area contributed by atoms with Gasteiger partial charge in [0, 0.05) is 19.1 Å². The molecular formula is C17H25N3S. The highest BCUT2D eigenvalue weighted by molar-refractivity contribution is 7.18. The van der Waals surface area contributed by atoms with Gasteiger partial charge in [-0.1, -0.05) is 19.1 Å². The SMILES string of the molecule is CCN1CCCC(C(C)NCc2nc3ccccc3s2)C1. The molecule has 1 N–H and O–H groups in total. The molecule has 2 unspecified atom stereocenters. The summed E-state index contributed by atoms with van der Waals surface area (Å²) in [5.74, 6) is 0.771. The van der Waals surface area contributed by atoms with Crippen molar-refractivity contribution < 1.29 is 0 Å². The van der Waals surface area contributed by atoms with E-state index in [2.05, 4.69) is 48.3 Å². The molecule has 1 aliphatic rings. The van der Waals surface area contributed by atoms with Crippen LogP contribution in [0.2, 0.25) is 0 Å². The van der Waals surface area contributed by atoms with Gasteiger partial charge in [0.05, 0.1) is 10.2 Å². The van der Waals surface area contributed by atoms with E-state index in [1.54, 1.807) is 11.3 Å². The summed E-state index contributed by atoms with van der Waals surface area (Å²) in [5.41, 5.74) is 1.13. The van der Waals surface area contributed by atoms with Gasteiger partial charge < -0.3 is 10.2 Å². The largest absolute Gasteiger partial charge is 0.308 e. The van der Waals surface area contributed by atoms with Crippen LogP contribution in [0.3, 0.4) is 0 Å². The Morgan fingerprint density at radius 3 is 3.10 bits per heavy atom. The molecule has 0 aliphatic carbocycles. The van der Waals surface area contributed by atoms with Gasteiger partial charge in [0.25, 0.3) is 0 Å². The number of fused-ring (bicyclic) bond motifs is 1. The fourth-order valence-electron chi connectivity index (χ4n) is 3.20. The van der Waals surface area contributed by atoms with E-state index in [4.69, 9.17) is 4.98 Å². The Morgan fingerprint density at radius 1 is 1.43 bits per heavy atom. The summed E-state index contributed by atoms with van der Waals surface area (Å²) in [6.45, 7) is 9.19. The van der Waals surface area contributed by atoms with E-state index in [-0.39, 0.29) is 0 Å². The third-order valence-electron chi connectivity index (χ3n) is 4.61. The first kappa shape index (κ1) is 14.9. The minimum absolute atomic E-state index is 0.561. The number of likely N-dealkylation sites (tertiary alicyclic amines) is 1. The molecule has 3 nitrogen and oxygen atoms in total. The molecule has 0 bridgehead atoms. The van der Waals surface area contributed by atoms with Crippen LogP contribution in [-0.2, 0) is 6.54 Å². The topological polar surface area (TPSA) is 28.2 Å². The average Bonchev–Trinajstić information content (AvgIpc) is 2.95. The molecule has 1 aliphatic heterocycles. The van der Waals surface area contributed by atoms with Gasteiger partial charge in [0.1, 0.15) is 5.01 Å². The van der Waals surface area contributed by atoms with Crippen molar-refractivity contribution in [3.8, 4) is 0 Å². The highest BCUT2D eigenvalue weighted by Crippen LogP contribution is 2.23. The summed E-state index contributed by atoms with van der Waals surface area (Å²) in [7, 11) is 0. The van der Waals surface area contributed by atoms with Crippen LogP contribution in [-0.4, -0.2) is 35.6 Å². The molecule has 2 aromatic rings. The third-order valence-corrected chi connectivity index (χ3v) is 5.65. The van der Waals surface area contributed by atoms with Gasteiger partial charge in [0.2, 0.25) is 0 Å². The zero-order valence-corrected chi connectivity index (χ0v) is 13.8. The number of nitrogens with one attached hydrogen (secondary N) is 1. The zero-order valence-electron chi connectivity index (χ0n) is 13.0. The smallest absolute Gasteiger partial charge is 0.108 e. The van der Waals surface area contributed by atoms with E-state index in [1.165, 1.54) is 42.2 Å². The quantitative estimate of drug-likeness (QED) is 0.916. The van der Waals surface area contributed by atoms with Crippen LogP contribution in [0.15, 0.2) is 24.3 Å². The molecule has 4 heteroatoms. The number of aromatic nitrogens is 1. The van der Waals surface area contributed by atoms with Crippen LogP contribution in [0.5, 0.6) is 0 Å². The maximum absolute atomic E-state index is 4.71. The highest BCUT2D eigenvalue weighted by atomic mass is 32.1. The summed E-state index contributed by atoms with van der Waals surface area (Å²) in [6.07, 6.45) is 2.69. The second kappa shape index (κ2) is 6.86. The molecule has 0 spiro atoms. The average molecular weight is 303 g/mol. The van der Waals surface area contributed by atoms with Gasteiger partial charge in [-0.15, -0.1) is 11.3 Å². The number of nitrogens with zero attached hydrogens (tertiary/aromatic N) is 2. The first-order valence-electron chi connectivity index (χ1n) is 8.06. The predicted octanol–water partition coefficient (Wildman–Crippen LogP) is 3.51. The standard InChI is InChI=1S/C17H25N3S/c1-3-20-10-6-7-14(12-20)13(2)18-11-17-19-15-8-4-5-9-16(15)21-17/h4-5,8-9,13-14,18H,3,6-7,10-12H2,1-2H3. The molecule has 0 saturated carbocycles. The van der Waals surface area contributed by atoms with Crippen LogP contribution >= 0.6 is 11.3 Å². The molecule has 1 saturated heterocycles. The normalized spacial score (nSPS) is 21.7. The molecule has 21 heavy (non-hydrogen) atoms. The molecule has 1 fully saturated rings. The van der Waals surface area contributed by atoms with E-state index in [0.29, 0.717) is 6.04 Å². The summed E-state index contributed by atoms with van der Waals surface area (Å²) >= 11 is 1.81. The Bertz CT molecular complexity index is 547. The number of hydrogen-bond acceptors (Lipinski definition) is 4. The van der Waals surface area contributed by atoms with Crippen LogP contribution in [0.1, 0.15) is 31.7 Å². The van der Waals surface area contributed by atoms with E-state index < -0.39 is 0 Å². The molecule has 1 aromatic heterocycles. The Balaban J connectivity index is 1.56. The van der Waals surface area contributed by atoms with Gasteiger partial charge in [-0.25, -0.2) is 4.98 Å². The minimum atomic E-state index is 0.561. The van der Waals surface area contributed by atoms with Gasteiger partial charge in [-0.05, 0) is 50.9 Å². The Kier molecular flexibility index (Phi) is 4.88. The fraction of sp³-hybridized carbons (Fsp3) is 0.588. The van der Waals surface area contributed by atoms with Crippen molar-refractivity contribution in [3.63, 3.8) is 0 Å². The second-order valence-corrected chi connectivity index (χ2v) is 7.16. The number of piperidine rings is 1. The summed E-state index contributed by atoms with van der Waals surface area (Å²) < 4.78 is 1.29. The molecule has 114 valence electrons. The van der Waals surface area contributed by atoms with Gasteiger partial charge in [-0.2, -0.15) is 0 Å². The van der Waals surface area contributed by atoms with Crippen molar-refractivity contribution in [1.82, 2.24) is 15.2 Å². The molecule has 0 amide bonds. The number of hydrogen-bond donors (Lipinski definition) is 1. The van der Waals surface area contributed by atoms with Crippen molar-refractivity contribution >= 4 is 21.6 Å². The molecule has 3 rings (SSSR count). The van der Waals surface area contributed by atoms with E-state index in [1.807, 2.05) is 0 Å². The van der Waals surface area contributed by atoms with E-state index in [0.717, 1.165) is 18.0 Å². The number of thiazole rings is 1. The lowest BCUT2D eigenvalue weighted by Crippen LogP contribution is -2.44. The van der Waals surface area contributed by atoms with Gasteiger partial charge >= 0.3 is 0 Å². The molecule has 0 radical (unpaired) electrons. The number of rotatable bonds is 5. The van der Waals surface area contributed by atoms with Crippen LogP contribution in [0.4, 0.5) is 0 Å². The predicted molar refractivity (Wildman–Crippen MR) is 90.8 cm³/mol. The van der Waals surface area contributed by atoms with Crippen molar-refractivity contribution in [3.05, 3.63) is 29.3 Å². The van der Waals surface area contributed by atoms with Crippen molar-refractivity contribution in [2.45, 2.75) is 39.3 Å². The van der Waals surface area contributed by atoms with Gasteiger partial charge in [0.15, 0.2) is 0 Å². The summed E-state index contributed by atoms with van der Waals surface area (Å²) in [6, 6.07) is 8.95. The minimum Gasteiger partial charge on any atom is -0.308 e. The fourth-order valence-corrected chi connectivity index (χ4v) is 4.12. The van der Waals surface area contributed by atoms with Crippen LogP contribution in [0.25, 0.3) is 10.2 Å². The Hall–Kier alpha value is -0.970. The molecule has 2 atom stereocenters. The van der Waals surface area contributed by atoms with Crippen molar-refractivity contribution in [2.75, 3.05) is 19.6 Å². The van der Waals surface area contributed by atoms with Crippen molar-refractivity contribution in [1.29, 1.82) is 0 Å². The van der Waals surface area contributed by atoms with E-state index >= 15 is 0 Å². The van der Waals surface area contributed by atoms with Crippen molar-refractivity contribution in [2.24, 2.45) is 5.92 Å². The monoisotopic (exact) mass is 303 g/mol. The lowest BCUT2D eigenvalue weighted by molar-refractivity contribution is 0.157. The first-order chi connectivity index (χ1) is 10.3. The summed E-state index contributed by atoms with van der Waals surface area (Å²) in [5, 5.41) is 4.90. The van der Waals surface area contributed by atoms with Gasteiger partial charge in [-0.3, -0.25) is 0 Å². The molecular weight excluding hydrogens is 278 g/mol. The Morgan fingerprint density at radius 2 is 2.29 bits per heavy atom. The number of para-hydroxylation sites is 1. The zero-order chi connectivity index (χ0) is 14.7. The highest BCUT2D eigenvalue weighted by Gasteiger charge is 2.23. The Labute approximate surface area is 131 Å². The third kappa shape index (κ3) is 3.62. The van der Waals surface area contributed by atoms with Crippen LogP contribution < -0.4 is 5.32 Å².